The molecule has 3 nitrogen and oxygen atoms in total. The summed E-state index contributed by atoms with van der Waals surface area (Å²) in [6, 6.07) is 2.05. The van der Waals surface area contributed by atoms with E-state index < -0.39 is 0 Å². The van der Waals surface area contributed by atoms with Crippen molar-refractivity contribution in [1.29, 1.82) is 5.26 Å². The van der Waals surface area contributed by atoms with E-state index in [1.165, 1.54) is 6.20 Å². The maximum atomic E-state index is 8.67. The predicted molar refractivity (Wildman–Crippen MR) is 42.7 cm³/mol. The number of hydrogen-bond donors (Lipinski definition) is 1. The summed E-state index contributed by atoms with van der Waals surface area (Å²) >= 11 is 0. The van der Waals surface area contributed by atoms with E-state index in [9.17, 15) is 0 Å². The zero-order chi connectivity index (χ0) is 8.27. The van der Waals surface area contributed by atoms with Crippen molar-refractivity contribution in [3.05, 3.63) is 23.5 Å². The molecule has 0 spiro atoms. The zero-order valence-corrected chi connectivity index (χ0v) is 6.33. The number of anilines is 1. The number of rotatable bonds is 1. The molecule has 0 fully saturated rings. The van der Waals surface area contributed by atoms with Crippen LogP contribution in [0.1, 0.15) is 18.1 Å². The van der Waals surface area contributed by atoms with Crippen molar-refractivity contribution in [3.63, 3.8) is 0 Å². The van der Waals surface area contributed by atoms with E-state index in [4.69, 9.17) is 11.0 Å². The number of nitrogens with zero attached hydrogens (tertiary/aromatic N) is 2. The number of nitriles is 1. The fourth-order valence-electron chi connectivity index (χ4n) is 0.926. The Bertz CT molecular complexity index is 299. The first kappa shape index (κ1) is 7.55. The third-order valence-electron chi connectivity index (χ3n) is 1.55. The van der Waals surface area contributed by atoms with Gasteiger partial charge in [0.2, 0.25) is 0 Å². The highest BCUT2D eigenvalue weighted by Gasteiger charge is 2.02. The minimum absolute atomic E-state index is 0.465. The third-order valence-corrected chi connectivity index (χ3v) is 1.55. The number of nitrogens with two attached hydrogens (primary N) is 1. The molecule has 1 rings (SSSR count). The minimum Gasteiger partial charge on any atom is -0.396 e. The van der Waals surface area contributed by atoms with Crippen LogP contribution in [0.15, 0.2) is 12.4 Å². The van der Waals surface area contributed by atoms with Crippen molar-refractivity contribution in [1.82, 2.24) is 4.98 Å². The molecule has 0 radical (unpaired) electrons. The number of hydrogen-bond acceptors (Lipinski definition) is 3. The molecular formula is C8H9N3. The van der Waals surface area contributed by atoms with Gasteiger partial charge in [-0.15, -0.1) is 0 Å². The van der Waals surface area contributed by atoms with Crippen molar-refractivity contribution in [2.24, 2.45) is 0 Å². The Labute approximate surface area is 65.5 Å². The normalized spacial score (nSPS) is 9.09. The third kappa shape index (κ3) is 1.30. The van der Waals surface area contributed by atoms with Crippen LogP contribution in [-0.2, 0) is 6.42 Å². The number of pyridine rings is 1. The molecule has 11 heavy (non-hydrogen) atoms. The molecule has 1 aromatic rings. The van der Waals surface area contributed by atoms with Gasteiger partial charge < -0.3 is 5.73 Å². The topological polar surface area (TPSA) is 62.7 Å². The summed E-state index contributed by atoms with van der Waals surface area (Å²) in [4.78, 5) is 3.89. The Morgan fingerprint density at radius 3 is 2.82 bits per heavy atom. The summed E-state index contributed by atoms with van der Waals surface area (Å²) in [6.45, 7) is 1.97. The van der Waals surface area contributed by atoms with Gasteiger partial charge in [0.15, 0.2) is 0 Å². The number of aromatic nitrogens is 1. The summed E-state index contributed by atoms with van der Waals surface area (Å²) in [5.41, 5.74) is 7.45. The lowest BCUT2D eigenvalue weighted by atomic mass is 10.1. The van der Waals surface area contributed by atoms with Crippen molar-refractivity contribution >= 4 is 5.69 Å². The molecule has 0 saturated heterocycles. The minimum atomic E-state index is 0.465. The molecule has 1 heterocycles. The zero-order valence-electron chi connectivity index (χ0n) is 6.33. The number of nitrogen functional groups attached to an aromatic ring is 1. The molecular weight excluding hydrogens is 138 g/mol. The van der Waals surface area contributed by atoms with E-state index in [2.05, 4.69) is 4.98 Å². The van der Waals surface area contributed by atoms with Crippen LogP contribution in [0.2, 0.25) is 0 Å². The van der Waals surface area contributed by atoms with Crippen LogP contribution in [0.4, 0.5) is 5.69 Å². The van der Waals surface area contributed by atoms with Crippen LogP contribution in [0.25, 0.3) is 0 Å². The molecule has 0 atom stereocenters. The molecule has 0 bridgehead atoms. The fraction of sp³-hybridized carbons (Fsp3) is 0.250. The quantitative estimate of drug-likeness (QED) is 0.646. The summed E-state index contributed by atoms with van der Waals surface area (Å²) in [5.74, 6) is 0. The van der Waals surface area contributed by atoms with E-state index in [1.54, 1.807) is 6.20 Å². The highest BCUT2D eigenvalue weighted by Crippen LogP contribution is 2.13. The van der Waals surface area contributed by atoms with E-state index in [0.717, 1.165) is 12.0 Å². The molecule has 0 aliphatic rings. The van der Waals surface area contributed by atoms with E-state index in [-0.39, 0.29) is 0 Å². The average Bonchev–Trinajstić information content (AvgIpc) is 2.04. The van der Waals surface area contributed by atoms with Gasteiger partial charge in [0.05, 0.1) is 17.4 Å². The van der Waals surface area contributed by atoms with Crippen molar-refractivity contribution in [2.75, 3.05) is 5.73 Å². The molecule has 1 aromatic heterocycles. The van der Waals surface area contributed by atoms with Crippen LogP contribution in [0.5, 0.6) is 0 Å². The molecule has 0 unspecified atom stereocenters. The maximum Gasteiger partial charge on any atom is 0.102 e. The Morgan fingerprint density at radius 1 is 1.64 bits per heavy atom. The lowest BCUT2D eigenvalue weighted by Gasteiger charge is -2.00. The largest absolute Gasteiger partial charge is 0.396 e. The van der Waals surface area contributed by atoms with E-state index in [0.29, 0.717) is 11.3 Å². The first-order chi connectivity index (χ1) is 5.29. The standard InChI is InChI=1S/C8H9N3/c1-2-6-4-11-5-8(10)7(6)3-9/h4-5H,2,10H2,1H3. The van der Waals surface area contributed by atoms with Gasteiger partial charge in [-0.1, -0.05) is 6.92 Å². The highest BCUT2D eigenvalue weighted by molar-refractivity contribution is 5.55. The van der Waals surface area contributed by atoms with Gasteiger partial charge in [-0.2, -0.15) is 5.26 Å². The SMILES string of the molecule is CCc1cncc(N)c1C#N. The van der Waals surface area contributed by atoms with Crippen LogP contribution in [0.3, 0.4) is 0 Å². The van der Waals surface area contributed by atoms with Crippen LogP contribution < -0.4 is 5.73 Å². The molecule has 2 N–H and O–H groups in total. The van der Waals surface area contributed by atoms with Crippen molar-refractivity contribution in [2.45, 2.75) is 13.3 Å². The van der Waals surface area contributed by atoms with Gasteiger partial charge in [0, 0.05) is 6.20 Å². The Hall–Kier alpha value is -1.56. The van der Waals surface area contributed by atoms with Crippen molar-refractivity contribution < 1.29 is 0 Å². The summed E-state index contributed by atoms with van der Waals surface area (Å²) in [6.07, 6.45) is 3.97. The van der Waals surface area contributed by atoms with Gasteiger partial charge in [-0.3, -0.25) is 4.98 Å². The second kappa shape index (κ2) is 3.02. The van der Waals surface area contributed by atoms with Gasteiger partial charge in [-0.05, 0) is 12.0 Å². The van der Waals surface area contributed by atoms with E-state index >= 15 is 0 Å². The molecule has 0 aliphatic carbocycles. The van der Waals surface area contributed by atoms with Gasteiger partial charge in [-0.25, -0.2) is 0 Å². The van der Waals surface area contributed by atoms with Crippen LogP contribution in [0, 0.1) is 11.3 Å². The molecule has 0 aliphatic heterocycles. The smallest absolute Gasteiger partial charge is 0.102 e. The Morgan fingerprint density at radius 2 is 2.36 bits per heavy atom. The molecule has 0 amide bonds. The molecule has 3 heteroatoms. The predicted octanol–water partition coefficient (Wildman–Crippen LogP) is 1.10. The van der Waals surface area contributed by atoms with E-state index in [1.807, 2.05) is 13.0 Å². The summed E-state index contributed by atoms with van der Waals surface area (Å²) in [5, 5.41) is 8.67. The first-order valence-corrected chi connectivity index (χ1v) is 3.42. The van der Waals surface area contributed by atoms with Crippen LogP contribution in [-0.4, -0.2) is 4.98 Å². The number of aryl methyl sites for hydroxylation is 1. The lowest BCUT2D eigenvalue weighted by Crippen LogP contribution is -1.96. The second-order valence-corrected chi connectivity index (χ2v) is 2.23. The Balaban J connectivity index is 3.27. The van der Waals surface area contributed by atoms with Gasteiger partial charge in [0.25, 0.3) is 0 Å². The van der Waals surface area contributed by atoms with Crippen molar-refractivity contribution in [3.8, 4) is 6.07 Å². The fourth-order valence-corrected chi connectivity index (χ4v) is 0.926. The monoisotopic (exact) mass is 147 g/mol. The average molecular weight is 147 g/mol. The van der Waals surface area contributed by atoms with Crippen LogP contribution >= 0.6 is 0 Å². The summed E-state index contributed by atoms with van der Waals surface area (Å²) < 4.78 is 0. The second-order valence-electron chi connectivity index (χ2n) is 2.23. The maximum absolute atomic E-state index is 8.67. The first-order valence-electron chi connectivity index (χ1n) is 3.42. The lowest BCUT2D eigenvalue weighted by molar-refractivity contribution is 1.09. The Kier molecular flexibility index (Phi) is 2.07. The van der Waals surface area contributed by atoms with Gasteiger partial charge in [0.1, 0.15) is 6.07 Å². The highest BCUT2D eigenvalue weighted by atomic mass is 14.7. The molecule has 0 saturated carbocycles. The molecule has 0 aromatic carbocycles. The summed E-state index contributed by atoms with van der Waals surface area (Å²) in [7, 11) is 0. The van der Waals surface area contributed by atoms with Gasteiger partial charge >= 0.3 is 0 Å². The molecule has 56 valence electrons.